The van der Waals surface area contributed by atoms with Gasteiger partial charge in [0, 0.05) is 6.54 Å². The van der Waals surface area contributed by atoms with Gasteiger partial charge < -0.3 is 4.74 Å². The van der Waals surface area contributed by atoms with E-state index in [-0.39, 0.29) is 11.5 Å². The standard InChI is InChI=1S/C20H27NO4S/c1-19(2,3)26(23,24)21-12-20(21)16-7-8-17(20)11-15-9-14(18(22)25-4)6-5-13(15)10-16/h5-6,9,16-17H,7-8,10-12H2,1-4H3/t16-,17+,20+,21?/m0/s1. The lowest BCUT2D eigenvalue weighted by molar-refractivity contribution is 0.0600. The molecular weight excluding hydrogens is 350 g/mol. The average molecular weight is 378 g/mol. The van der Waals surface area contributed by atoms with Gasteiger partial charge in [-0.25, -0.2) is 13.2 Å². The summed E-state index contributed by atoms with van der Waals surface area (Å²) in [5, 5.41) is 0. The first kappa shape index (κ1) is 18.0. The average Bonchev–Trinajstić information content (AvgIpc) is 3.25. The maximum atomic E-state index is 13.0. The Morgan fingerprint density at radius 1 is 1.15 bits per heavy atom. The number of ether oxygens (including phenoxy) is 1. The minimum absolute atomic E-state index is 0.212. The van der Waals surface area contributed by atoms with Crippen molar-refractivity contribution >= 4 is 16.0 Å². The fourth-order valence-electron chi connectivity index (χ4n) is 5.08. The lowest BCUT2D eigenvalue weighted by atomic mass is 9.87. The van der Waals surface area contributed by atoms with Crippen LogP contribution in [0.4, 0.5) is 0 Å². The smallest absolute Gasteiger partial charge is 0.337 e. The van der Waals surface area contributed by atoms with Crippen molar-refractivity contribution in [3.8, 4) is 0 Å². The molecule has 1 heterocycles. The Labute approximate surface area is 155 Å². The molecule has 2 aliphatic carbocycles. The third-order valence-corrected chi connectivity index (χ3v) is 9.26. The summed E-state index contributed by atoms with van der Waals surface area (Å²) >= 11 is 0. The number of hydrogen-bond acceptors (Lipinski definition) is 4. The van der Waals surface area contributed by atoms with E-state index < -0.39 is 14.8 Å². The lowest BCUT2D eigenvalue weighted by Crippen LogP contribution is -2.40. The Balaban J connectivity index is 1.69. The topological polar surface area (TPSA) is 63.5 Å². The Bertz CT molecular complexity index is 870. The molecule has 0 N–H and O–H groups in total. The van der Waals surface area contributed by atoms with Gasteiger partial charge in [-0.05, 0) is 81.5 Å². The molecule has 1 spiro atoms. The quantitative estimate of drug-likeness (QED) is 0.587. The number of fused-ring (bicyclic) bond motifs is 1. The van der Waals surface area contributed by atoms with Crippen molar-refractivity contribution in [1.29, 1.82) is 0 Å². The predicted molar refractivity (Wildman–Crippen MR) is 99.5 cm³/mol. The zero-order valence-corrected chi connectivity index (χ0v) is 16.7. The van der Waals surface area contributed by atoms with E-state index in [9.17, 15) is 13.2 Å². The van der Waals surface area contributed by atoms with E-state index in [1.54, 1.807) is 25.1 Å². The number of sulfonamides is 1. The highest BCUT2D eigenvalue weighted by atomic mass is 32.2. The molecule has 0 aromatic heterocycles. The molecule has 1 saturated heterocycles. The lowest BCUT2D eigenvalue weighted by Gasteiger charge is -2.27. The highest BCUT2D eigenvalue weighted by molar-refractivity contribution is 7.90. The van der Waals surface area contributed by atoms with Gasteiger partial charge in [-0.15, -0.1) is 0 Å². The maximum absolute atomic E-state index is 13.0. The normalized spacial score (nSPS) is 32.8. The Morgan fingerprint density at radius 3 is 2.35 bits per heavy atom. The number of methoxy groups -OCH3 is 1. The molecule has 3 aliphatic rings. The summed E-state index contributed by atoms with van der Waals surface area (Å²) < 4.78 is 31.9. The number of nitrogens with zero attached hydrogens (tertiary/aromatic N) is 1. The van der Waals surface area contributed by atoms with Crippen LogP contribution in [-0.2, 0) is 27.6 Å². The van der Waals surface area contributed by atoms with E-state index >= 15 is 0 Å². The van der Waals surface area contributed by atoms with Crippen LogP contribution in [0.5, 0.6) is 0 Å². The molecule has 0 radical (unpaired) electrons. The fourth-order valence-corrected chi connectivity index (χ4v) is 6.87. The molecular formula is C20H27NO4S. The molecule has 4 rings (SSSR count). The van der Waals surface area contributed by atoms with Gasteiger partial charge in [-0.1, -0.05) is 6.07 Å². The summed E-state index contributed by atoms with van der Waals surface area (Å²) in [5.74, 6) is 0.383. The number of carbonyl (C=O) groups is 1. The Morgan fingerprint density at radius 2 is 1.77 bits per heavy atom. The highest BCUT2D eigenvalue weighted by Gasteiger charge is 2.70. The van der Waals surface area contributed by atoms with Crippen LogP contribution in [0, 0.1) is 11.8 Å². The molecule has 142 valence electrons. The second kappa shape index (κ2) is 5.55. The molecule has 1 unspecified atom stereocenters. The van der Waals surface area contributed by atoms with E-state index in [0.717, 1.165) is 25.7 Å². The molecule has 1 aliphatic heterocycles. The van der Waals surface area contributed by atoms with Crippen molar-refractivity contribution in [1.82, 2.24) is 4.31 Å². The Hall–Kier alpha value is -1.40. The highest BCUT2D eigenvalue weighted by Crippen LogP contribution is 2.60. The van der Waals surface area contributed by atoms with Gasteiger partial charge in [-0.3, -0.25) is 0 Å². The van der Waals surface area contributed by atoms with Gasteiger partial charge in [0.2, 0.25) is 10.0 Å². The first-order valence-corrected chi connectivity index (χ1v) is 10.8. The van der Waals surface area contributed by atoms with Crippen LogP contribution in [0.25, 0.3) is 0 Å². The number of rotatable bonds is 2. The van der Waals surface area contributed by atoms with E-state index in [1.165, 1.54) is 18.2 Å². The molecule has 2 bridgehead atoms. The number of hydrogen-bond donors (Lipinski definition) is 0. The Kier molecular flexibility index (Phi) is 3.84. The first-order valence-electron chi connectivity index (χ1n) is 9.34. The predicted octanol–water partition coefficient (Wildman–Crippen LogP) is 2.78. The summed E-state index contributed by atoms with van der Waals surface area (Å²) in [6.07, 6.45) is 3.87. The van der Waals surface area contributed by atoms with Crippen molar-refractivity contribution in [3.05, 3.63) is 34.9 Å². The molecule has 2 fully saturated rings. The van der Waals surface area contributed by atoms with Gasteiger partial charge in [0.15, 0.2) is 0 Å². The SMILES string of the molecule is COC(=O)c1ccc2c(c1)C[C@H]1CC[C@@H](C2)[C@]12CN2S(=O)(=O)C(C)(C)C. The minimum Gasteiger partial charge on any atom is -0.465 e. The summed E-state index contributed by atoms with van der Waals surface area (Å²) in [7, 11) is -1.91. The summed E-state index contributed by atoms with van der Waals surface area (Å²) in [6.45, 7) is 6.00. The number of carbonyl (C=O) groups excluding carboxylic acids is 1. The van der Waals surface area contributed by atoms with Crippen molar-refractivity contribution in [3.63, 3.8) is 0 Å². The molecule has 1 aromatic carbocycles. The van der Waals surface area contributed by atoms with Gasteiger partial charge in [0.05, 0.1) is 23.0 Å². The van der Waals surface area contributed by atoms with Crippen molar-refractivity contribution in [2.24, 2.45) is 11.8 Å². The third-order valence-electron chi connectivity index (χ3n) is 6.66. The van der Waals surface area contributed by atoms with E-state index in [2.05, 4.69) is 0 Å². The van der Waals surface area contributed by atoms with Crippen LogP contribution in [0.15, 0.2) is 18.2 Å². The van der Waals surface area contributed by atoms with Gasteiger partial charge in [0.25, 0.3) is 0 Å². The monoisotopic (exact) mass is 377 g/mol. The number of benzene rings is 1. The van der Waals surface area contributed by atoms with E-state index in [4.69, 9.17) is 4.74 Å². The largest absolute Gasteiger partial charge is 0.465 e. The van der Waals surface area contributed by atoms with E-state index in [1.807, 2.05) is 18.2 Å². The van der Waals surface area contributed by atoms with Crippen LogP contribution in [0.2, 0.25) is 0 Å². The van der Waals surface area contributed by atoms with Gasteiger partial charge >= 0.3 is 5.97 Å². The van der Waals surface area contributed by atoms with Crippen molar-refractivity contribution in [2.75, 3.05) is 13.7 Å². The summed E-state index contributed by atoms with van der Waals surface area (Å²) in [4.78, 5) is 11.9. The first-order chi connectivity index (χ1) is 12.1. The summed E-state index contributed by atoms with van der Waals surface area (Å²) in [5.41, 5.74) is 2.80. The zero-order valence-electron chi connectivity index (χ0n) is 15.9. The van der Waals surface area contributed by atoms with Gasteiger partial charge in [0.1, 0.15) is 0 Å². The molecule has 6 heteroatoms. The second-order valence-electron chi connectivity index (χ2n) is 8.97. The zero-order chi connectivity index (χ0) is 18.9. The number of esters is 1. The van der Waals surface area contributed by atoms with E-state index in [0.29, 0.717) is 23.9 Å². The van der Waals surface area contributed by atoms with Crippen LogP contribution >= 0.6 is 0 Å². The molecule has 26 heavy (non-hydrogen) atoms. The molecule has 1 saturated carbocycles. The molecule has 5 nitrogen and oxygen atoms in total. The van der Waals surface area contributed by atoms with Crippen LogP contribution < -0.4 is 0 Å². The van der Waals surface area contributed by atoms with Crippen LogP contribution in [0.3, 0.4) is 0 Å². The molecule has 0 amide bonds. The van der Waals surface area contributed by atoms with Crippen molar-refractivity contribution < 1.29 is 17.9 Å². The van der Waals surface area contributed by atoms with Gasteiger partial charge in [-0.2, -0.15) is 4.31 Å². The third kappa shape index (κ3) is 2.38. The molecule has 1 aromatic rings. The van der Waals surface area contributed by atoms with Crippen LogP contribution in [-0.4, -0.2) is 42.6 Å². The maximum Gasteiger partial charge on any atom is 0.337 e. The minimum atomic E-state index is -3.31. The fraction of sp³-hybridized carbons (Fsp3) is 0.650. The summed E-state index contributed by atoms with van der Waals surface area (Å²) in [6, 6.07) is 5.80. The van der Waals surface area contributed by atoms with Crippen molar-refractivity contribution in [2.45, 2.75) is 56.7 Å². The second-order valence-corrected chi connectivity index (χ2v) is 11.6. The molecule has 4 atom stereocenters. The van der Waals surface area contributed by atoms with Crippen LogP contribution in [0.1, 0.15) is 55.1 Å².